The first-order chi connectivity index (χ1) is 14.4. The Morgan fingerprint density at radius 1 is 1.20 bits per heavy atom. The van der Waals surface area contributed by atoms with E-state index in [4.69, 9.17) is 23.7 Å². The SMILES string of the molecule is COc1cc(C(C)=O)ccc1OCC(=O)OCc1cc([N+](=O)[O-])cc2c1OCOC2. The molecule has 0 unspecified atom stereocenters. The maximum absolute atomic E-state index is 12.1. The number of carbonyl (C=O) groups excluding carboxylic acids is 2. The van der Waals surface area contributed by atoms with Gasteiger partial charge in [-0.1, -0.05) is 0 Å². The van der Waals surface area contributed by atoms with Crippen LogP contribution in [0.1, 0.15) is 28.4 Å². The number of esters is 1. The van der Waals surface area contributed by atoms with Crippen LogP contribution in [0.4, 0.5) is 5.69 Å². The number of ether oxygens (including phenoxy) is 5. The molecule has 0 saturated heterocycles. The molecule has 0 spiro atoms. The molecule has 30 heavy (non-hydrogen) atoms. The van der Waals surface area contributed by atoms with Crippen LogP contribution in [-0.2, 0) is 27.5 Å². The summed E-state index contributed by atoms with van der Waals surface area (Å²) in [6.45, 7) is 0.945. The molecule has 2 aromatic carbocycles. The molecule has 0 atom stereocenters. The van der Waals surface area contributed by atoms with Gasteiger partial charge in [0.2, 0.25) is 0 Å². The summed E-state index contributed by atoms with van der Waals surface area (Å²) in [5, 5.41) is 11.1. The largest absolute Gasteiger partial charge is 0.493 e. The first-order valence-corrected chi connectivity index (χ1v) is 8.87. The fourth-order valence-corrected chi connectivity index (χ4v) is 2.84. The molecule has 2 aromatic rings. The molecule has 10 heteroatoms. The van der Waals surface area contributed by atoms with Gasteiger partial charge in [-0.25, -0.2) is 4.79 Å². The summed E-state index contributed by atoms with van der Waals surface area (Å²) >= 11 is 0. The molecule has 0 N–H and O–H groups in total. The number of benzene rings is 2. The number of nitro benzene ring substituents is 1. The predicted octanol–water partition coefficient (Wildman–Crippen LogP) is 2.79. The summed E-state index contributed by atoms with van der Waals surface area (Å²) in [6, 6.07) is 7.24. The number of non-ortho nitro benzene ring substituents is 1. The van der Waals surface area contributed by atoms with Crippen molar-refractivity contribution >= 4 is 17.4 Å². The van der Waals surface area contributed by atoms with E-state index in [0.29, 0.717) is 28.2 Å². The highest BCUT2D eigenvalue weighted by atomic mass is 16.7. The lowest BCUT2D eigenvalue weighted by Gasteiger charge is -2.20. The molecule has 158 valence electrons. The zero-order chi connectivity index (χ0) is 21.7. The second-order valence-corrected chi connectivity index (χ2v) is 6.33. The Kier molecular flexibility index (Phi) is 6.48. The second kappa shape index (κ2) is 9.23. The van der Waals surface area contributed by atoms with Crippen molar-refractivity contribution < 1.29 is 38.2 Å². The van der Waals surface area contributed by atoms with Crippen LogP contribution >= 0.6 is 0 Å². The minimum absolute atomic E-state index is 0.00488. The normalized spacial score (nSPS) is 12.3. The fourth-order valence-electron chi connectivity index (χ4n) is 2.84. The van der Waals surface area contributed by atoms with Gasteiger partial charge in [0.15, 0.2) is 30.7 Å². The minimum atomic E-state index is -0.694. The highest BCUT2D eigenvalue weighted by Crippen LogP contribution is 2.33. The van der Waals surface area contributed by atoms with E-state index < -0.39 is 17.5 Å². The third-order valence-corrected chi connectivity index (χ3v) is 4.29. The molecule has 0 fully saturated rings. The Bertz CT molecular complexity index is 986. The van der Waals surface area contributed by atoms with E-state index in [1.807, 2.05) is 0 Å². The number of methoxy groups -OCH3 is 1. The van der Waals surface area contributed by atoms with E-state index in [9.17, 15) is 19.7 Å². The molecular formula is C20H19NO9. The standard InChI is InChI=1S/C20H19NO9/c1-12(22)13-3-4-17(18(7-13)26-2)28-10-19(23)29-9-15-6-16(21(24)25)5-14-8-27-11-30-20(14)15/h3-7H,8-11H2,1-2H3. The van der Waals surface area contributed by atoms with Gasteiger partial charge < -0.3 is 23.7 Å². The predicted molar refractivity (Wildman–Crippen MR) is 102 cm³/mol. The summed E-state index contributed by atoms with van der Waals surface area (Å²) < 4.78 is 26.3. The number of rotatable bonds is 8. The maximum Gasteiger partial charge on any atom is 0.344 e. The van der Waals surface area contributed by atoms with Gasteiger partial charge in [0.1, 0.15) is 12.4 Å². The number of fused-ring (bicyclic) bond motifs is 1. The highest BCUT2D eigenvalue weighted by molar-refractivity contribution is 5.94. The molecule has 0 aliphatic carbocycles. The average Bonchev–Trinajstić information content (AvgIpc) is 2.75. The summed E-state index contributed by atoms with van der Waals surface area (Å²) in [5.41, 5.74) is 1.16. The summed E-state index contributed by atoms with van der Waals surface area (Å²) in [4.78, 5) is 34.1. The van der Waals surface area contributed by atoms with Crippen LogP contribution in [0.5, 0.6) is 17.2 Å². The Morgan fingerprint density at radius 3 is 2.70 bits per heavy atom. The fraction of sp³-hybridized carbons (Fsp3) is 0.300. The molecule has 1 aliphatic rings. The van der Waals surface area contributed by atoms with Crippen LogP contribution in [0.15, 0.2) is 30.3 Å². The van der Waals surface area contributed by atoms with Crippen LogP contribution < -0.4 is 14.2 Å². The number of hydrogen-bond donors (Lipinski definition) is 0. The first-order valence-electron chi connectivity index (χ1n) is 8.87. The third kappa shape index (κ3) is 4.84. The van der Waals surface area contributed by atoms with E-state index in [0.717, 1.165) is 0 Å². The Balaban J connectivity index is 1.65. The Labute approximate surface area is 171 Å². The third-order valence-electron chi connectivity index (χ3n) is 4.29. The Morgan fingerprint density at radius 2 is 2.00 bits per heavy atom. The van der Waals surface area contributed by atoms with E-state index in [1.54, 1.807) is 6.07 Å². The minimum Gasteiger partial charge on any atom is -0.493 e. The summed E-state index contributed by atoms with van der Waals surface area (Å²) in [5.74, 6) is 0.151. The van der Waals surface area contributed by atoms with Gasteiger partial charge in [-0.3, -0.25) is 14.9 Å². The topological polar surface area (TPSA) is 123 Å². The van der Waals surface area contributed by atoms with Gasteiger partial charge in [-0.2, -0.15) is 0 Å². The van der Waals surface area contributed by atoms with E-state index in [2.05, 4.69) is 0 Å². The highest BCUT2D eigenvalue weighted by Gasteiger charge is 2.22. The first kappa shape index (κ1) is 21.1. The molecule has 1 heterocycles. The van der Waals surface area contributed by atoms with Gasteiger partial charge >= 0.3 is 5.97 Å². The van der Waals surface area contributed by atoms with Crippen molar-refractivity contribution in [3.8, 4) is 17.2 Å². The van der Waals surface area contributed by atoms with Gasteiger partial charge in [-0.05, 0) is 25.1 Å². The van der Waals surface area contributed by atoms with Crippen LogP contribution in [0, 0.1) is 10.1 Å². The monoisotopic (exact) mass is 417 g/mol. The zero-order valence-electron chi connectivity index (χ0n) is 16.3. The smallest absolute Gasteiger partial charge is 0.344 e. The summed E-state index contributed by atoms with van der Waals surface area (Å²) in [7, 11) is 1.42. The van der Waals surface area contributed by atoms with Crippen molar-refractivity contribution in [1.29, 1.82) is 0 Å². The van der Waals surface area contributed by atoms with Crippen molar-refractivity contribution in [1.82, 2.24) is 0 Å². The van der Waals surface area contributed by atoms with E-state index in [1.165, 1.54) is 38.3 Å². The quantitative estimate of drug-likeness (QED) is 0.276. The van der Waals surface area contributed by atoms with Gasteiger partial charge in [0, 0.05) is 28.8 Å². The van der Waals surface area contributed by atoms with Gasteiger partial charge in [-0.15, -0.1) is 0 Å². The molecule has 0 saturated carbocycles. The van der Waals surface area contributed by atoms with Crippen LogP contribution in [0.2, 0.25) is 0 Å². The van der Waals surface area contributed by atoms with Crippen LogP contribution in [0.25, 0.3) is 0 Å². The lowest BCUT2D eigenvalue weighted by atomic mass is 10.1. The maximum atomic E-state index is 12.1. The summed E-state index contributed by atoms with van der Waals surface area (Å²) in [6.07, 6.45) is 0. The van der Waals surface area contributed by atoms with Crippen LogP contribution in [0.3, 0.4) is 0 Å². The average molecular weight is 417 g/mol. The molecule has 0 amide bonds. The van der Waals surface area contributed by atoms with Crippen LogP contribution in [-0.4, -0.2) is 37.2 Å². The van der Waals surface area contributed by atoms with Crippen molar-refractivity contribution in [3.63, 3.8) is 0 Å². The van der Waals surface area contributed by atoms with Crippen molar-refractivity contribution in [2.75, 3.05) is 20.5 Å². The number of hydrogen-bond acceptors (Lipinski definition) is 9. The second-order valence-electron chi connectivity index (χ2n) is 6.33. The number of nitro groups is 1. The zero-order valence-corrected chi connectivity index (χ0v) is 16.3. The molecule has 3 rings (SSSR count). The molecule has 0 bridgehead atoms. The van der Waals surface area contributed by atoms with Crippen molar-refractivity contribution in [2.45, 2.75) is 20.1 Å². The molecular weight excluding hydrogens is 398 g/mol. The number of carbonyl (C=O) groups is 2. The molecule has 0 aromatic heterocycles. The van der Waals surface area contributed by atoms with E-state index in [-0.39, 0.29) is 37.2 Å². The van der Waals surface area contributed by atoms with Gasteiger partial charge in [0.05, 0.1) is 18.6 Å². The van der Waals surface area contributed by atoms with Gasteiger partial charge in [0.25, 0.3) is 5.69 Å². The van der Waals surface area contributed by atoms with E-state index >= 15 is 0 Å². The lowest BCUT2D eigenvalue weighted by Crippen LogP contribution is -2.17. The molecule has 1 aliphatic heterocycles. The lowest BCUT2D eigenvalue weighted by molar-refractivity contribution is -0.385. The number of nitrogens with zero attached hydrogens (tertiary/aromatic N) is 1. The molecule has 10 nitrogen and oxygen atoms in total. The molecule has 0 radical (unpaired) electrons. The number of ketones is 1. The van der Waals surface area contributed by atoms with Crippen molar-refractivity contribution in [2.24, 2.45) is 0 Å². The van der Waals surface area contributed by atoms with Crippen molar-refractivity contribution in [3.05, 3.63) is 57.1 Å². The Hall–Kier alpha value is -3.66. The number of Topliss-reactive ketones (excluding diaryl/α,β-unsaturated/α-hetero) is 1.